The van der Waals surface area contributed by atoms with Crippen LogP contribution in [0.4, 0.5) is 0 Å². The van der Waals surface area contributed by atoms with Gasteiger partial charge in [-0.15, -0.1) is 0 Å². The van der Waals surface area contributed by atoms with Crippen molar-refractivity contribution in [1.82, 2.24) is 19.1 Å². The molecular formula is C15H17N5. The minimum Gasteiger partial charge on any atom is -0.340 e. The molecule has 0 radical (unpaired) electrons. The molecule has 5 heteroatoms. The molecule has 4 rings (SSSR count). The number of nitrogens with zero attached hydrogens (tertiary/aromatic N) is 4. The molecule has 102 valence electrons. The van der Waals surface area contributed by atoms with Gasteiger partial charge in [0.1, 0.15) is 5.69 Å². The Morgan fingerprint density at radius 2 is 2.20 bits per heavy atom. The second kappa shape index (κ2) is 4.18. The first-order valence-corrected chi connectivity index (χ1v) is 6.95. The fourth-order valence-electron chi connectivity index (χ4n) is 2.68. The Balaban J connectivity index is 1.96. The Morgan fingerprint density at radius 3 is 2.85 bits per heavy atom. The Morgan fingerprint density at radius 1 is 1.35 bits per heavy atom. The van der Waals surface area contributed by atoms with Crippen LogP contribution in [0.2, 0.25) is 0 Å². The highest BCUT2D eigenvalue weighted by atomic mass is 15.2. The van der Waals surface area contributed by atoms with Crippen LogP contribution in [-0.2, 0) is 13.6 Å². The van der Waals surface area contributed by atoms with E-state index in [1.807, 2.05) is 24.1 Å². The van der Waals surface area contributed by atoms with Crippen molar-refractivity contribution in [3.8, 4) is 11.5 Å². The smallest absolute Gasteiger partial charge is 0.161 e. The molecule has 1 fully saturated rings. The van der Waals surface area contributed by atoms with Gasteiger partial charge in [0.25, 0.3) is 0 Å². The number of fused-ring (bicyclic) bond motifs is 1. The average molecular weight is 267 g/mol. The molecular weight excluding hydrogens is 250 g/mol. The van der Waals surface area contributed by atoms with Crippen molar-refractivity contribution >= 4 is 11.0 Å². The first-order valence-electron chi connectivity index (χ1n) is 6.95. The molecule has 1 aliphatic rings. The summed E-state index contributed by atoms with van der Waals surface area (Å²) in [5, 5.41) is 0. The van der Waals surface area contributed by atoms with Crippen molar-refractivity contribution in [2.24, 2.45) is 12.8 Å². The van der Waals surface area contributed by atoms with Crippen LogP contribution >= 0.6 is 0 Å². The van der Waals surface area contributed by atoms with E-state index < -0.39 is 0 Å². The minimum atomic E-state index is 0.547. The molecule has 20 heavy (non-hydrogen) atoms. The zero-order valence-electron chi connectivity index (χ0n) is 11.5. The third kappa shape index (κ3) is 1.74. The summed E-state index contributed by atoms with van der Waals surface area (Å²) in [5.74, 6) is 0.970. The highest BCUT2D eigenvalue weighted by Crippen LogP contribution is 2.41. The van der Waals surface area contributed by atoms with Crippen molar-refractivity contribution < 1.29 is 0 Å². The molecule has 5 nitrogen and oxygen atoms in total. The lowest BCUT2D eigenvalue weighted by Gasteiger charge is -2.05. The van der Waals surface area contributed by atoms with Gasteiger partial charge in [-0.2, -0.15) is 0 Å². The van der Waals surface area contributed by atoms with E-state index in [-0.39, 0.29) is 0 Å². The zero-order valence-corrected chi connectivity index (χ0v) is 11.5. The summed E-state index contributed by atoms with van der Waals surface area (Å²) >= 11 is 0. The van der Waals surface area contributed by atoms with Crippen molar-refractivity contribution in [2.45, 2.75) is 25.4 Å². The molecule has 0 unspecified atom stereocenters. The normalized spacial score (nSPS) is 15.1. The van der Waals surface area contributed by atoms with Gasteiger partial charge in [0.05, 0.1) is 17.4 Å². The average Bonchev–Trinajstić information content (AvgIpc) is 3.09. The van der Waals surface area contributed by atoms with Gasteiger partial charge in [-0.05, 0) is 30.5 Å². The number of hydrogen-bond acceptors (Lipinski definition) is 3. The Hall–Kier alpha value is -2.14. The van der Waals surface area contributed by atoms with Crippen LogP contribution in [0.15, 0.2) is 30.7 Å². The van der Waals surface area contributed by atoms with Crippen molar-refractivity contribution in [3.05, 3.63) is 36.3 Å². The molecule has 1 aliphatic carbocycles. The third-order valence-electron chi connectivity index (χ3n) is 3.84. The maximum atomic E-state index is 5.72. The van der Waals surface area contributed by atoms with E-state index in [9.17, 15) is 0 Å². The topological polar surface area (TPSA) is 61.7 Å². The van der Waals surface area contributed by atoms with E-state index in [4.69, 9.17) is 10.7 Å². The summed E-state index contributed by atoms with van der Waals surface area (Å²) in [7, 11) is 1.98. The summed E-state index contributed by atoms with van der Waals surface area (Å²) in [5.41, 5.74) is 9.97. The molecule has 2 heterocycles. The highest BCUT2D eigenvalue weighted by molar-refractivity contribution is 5.81. The number of nitrogens with two attached hydrogens (primary N) is 1. The molecule has 3 aromatic rings. The predicted octanol–water partition coefficient (Wildman–Crippen LogP) is 2.23. The molecule has 2 N–H and O–H groups in total. The van der Waals surface area contributed by atoms with Crippen LogP contribution in [-0.4, -0.2) is 19.1 Å². The highest BCUT2D eigenvalue weighted by Gasteiger charge is 2.29. The predicted molar refractivity (Wildman–Crippen MR) is 78.1 cm³/mol. The molecule has 0 saturated heterocycles. The van der Waals surface area contributed by atoms with Crippen LogP contribution in [0.25, 0.3) is 22.6 Å². The van der Waals surface area contributed by atoms with Gasteiger partial charge in [-0.1, -0.05) is 6.07 Å². The minimum absolute atomic E-state index is 0.547. The molecule has 0 amide bonds. The molecule has 0 atom stereocenters. The zero-order chi connectivity index (χ0) is 13.7. The van der Waals surface area contributed by atoms with Gasteiger partial charge in [0.15, 0.2) is 5.82 Å². The van der Waals surface area contributed by atoms with E-state index >= 15 is 0 Å². The van der Waals surface area contributed by atoms with Crippen molar-refractivity contribution in [1.29, 1.82) is 0 Å². The van der Waals surface area contributed by atoms with Gasteiger partial charge in [0.2, 0.25) is 0 Å². The lowest BCUT2D eigenvalue weighted by atomic mass is 10.2. The summed E-state index contributed by atoms with van der Waals surface area (Å²) < 4.78 is 4.29. The molecule has 0 bridgehead atoms. The molecule has 0 aliphatic heterocycles. The SMILES string of the molecule is Cn1cnc(-c2nc3cc(CN)ccc3n2C2CC2)c1. The monoisotopic (exact) mass is 267 g/mol. The van der Waals surface area contributed by atoms with Crippen LogP contribution < -0.4 is 5.73 Å². The number of aromatic nitrogens is 4. The number of imidazole rings is 2. The third-order valence-corrected chi connectivity index (χ3v) is 3.84. The summed E-state index contributed by atoms with van der Waals surface area (Å²) in [6, 6.07) is 6.88. The molecule has 1 saturated carbocycles. The van der Waals surface area contributed by atoms with E-state index in [2.05, 4.69) is 27.8 Å². The van der Waals surface area contributed by atoms with Crippen molar-refractivity contribution in [3.63, 3.8) is 0 Å². The van der Waals surface area contributed by atoms with Gasteiger partial charge < -0.3 is 14.9 Å². The maximum absolute atomic E-state index is 5.72. The van der Waals surface area contributed by atoms with Crippen LogP contribution in [0.3, 0.4) is 0 Å². The van der Waals surface area contributed by atoms with Gasteiger partial charge in [0, 0.05) is 25.8 Å². The number of hydrogen-bond donors (Lipinski definition) is 1. The Kier molecular flexibility index (Phi) is 2.44. The van der Waals surface area contributed by atoms with Crippen LogP contribution in [0.1, 0.15) is 24.4 Å². The Bertz CT molecular complexity index is 779. The molecule has 0 spiro atoms. The van der Waals surface area contributed by atoms with E-state index in [0.29, 0.717) is 12.6 Å². The summed E-state index contributed by atoms with van der Waals surface area (Å²) in [6.07, 6.45) is 6.29. The van der Waals surface area contributed by atoms with Gasteiger partial charge in [-0.25, -0.2) is 9.97 Å². The largest absolute Gasteiger partial charge is 0.340 e. The quantitative estimate of drug-likeness (QED) is 0.791. The second-order valence-electron chi connectivity index (χ2n) is 5.49. The number of aryl methyl sites for hydroxylation is 1. The number of rotatable bonds is 3. The van der Waals surface area contributed by atoms with Gasteiger partial charge in [-0.3, -0.25) is 0 Å². The van der Waals surface area contributed by atoms with E-state index in [0.717, 1.165) is 22.6 Å². The van der Waals surface area contributed by atoms with Gasteiger partial charge >= 0.3 is 0 Å². The van der Waals surface area contributed by atoms with Crippen molar-refractivity contribution in [2.75, 3.05) is 0 Å². The molecule has 1 aromatic carbocycles. The fourth-order valence-corrected chi connectivity index (χ4v) is 2.68. The lowest BCUT2D eigenvalue weighted by Crippen LogP contribution is -1.98. The standard InChI is InChI=1S/C15H17N5/c1-19-8-13(17-9-19)15-18-12-6-10(7-16)2-5-14(12)20(15)11-3-4-11/h2,5-6,8-9,11H,3-4,7,16H2,1H3. The Labute approximate surface area is 117 Å². The van der Waals surface area contributed by atoms with E-state index in [1.165, 1.54) is 18.4 Å². The second-order valence-corrected chi connectivity index (χ2v) is 5.49. The summed E-state index contributed by atoms with van der Waals surface area (Å²) in [4.78, 5) is 9.25. The number of benzene rings is 1. The first kappa shape index (κ1) is 11.7. The van der Waals surface area contributed by atoms with Crippen LogP contribution in [0.5, 0.6) is 0 Å². The lowest BCUT2D eigenvalue weighted by molar-refractivity contribution is 0.773. The summed E-state index contributed by atoms with van der Waals surface area (Å²) in [6.45, 7) is 0.547. The first-order chi connectivity index (χ1) is 9.76. The fraction of sp³-hybridized carbons (Fsp3) is 0.333. The van der Waals surface area contributed by atoms with Crippen LogP contribution in [0, 0.1) is 0 Å². The van der Waals surface area contributed by atoms with E-state index in [1.54, 1.807) is 0 Å². The maximum Gasteiger partial charge on any atom is 0.161 e. The molecule has 2 aromatic heterocycles.